The first-order chi connectivity index (χ1) is 17.4. The van der Waals surface area contributed by atoms with E-state index >= 15 is 0 Å². The van der Waals surface area contributed by atoms with Crippen molar-refractivity contribution in [2.24, 2.45) is 5.73 Å². The minimum atomic E-state index is -1.68. The van der Waals surface area contributed by atoms with Gasteiger partial charge in [0, 0.05) is 24.7 Å². The maximum absolute atomic E-state index is 13.2. The molecule has 0 aliphatic rings. The van der Waals surface area contributed by atoms with E-state index in [0.29, 0.717) is 11.3 Å². The number of aliphatic hydroxyl groups is 2. The van der Waals surface area contributed by atoms with Crippen LogP contribution in [0.3, 0.4) is 0 Å². The van der Waals surface area contributed by atoms with E-state index in [1.807, 2.05) is 0 Å². The summed E-state index contributed by atoms with van der Waals surface area (Å²) in [6.45, 7) is 2.36. The highest BCUT2D eigenvalue weighted by atomic mass is 16.4. The van der Waals surface area contributed by atoms with Gasteiger partial charge in [-0.1, -0.05) is 12.1 Å². The summed E-state index contributed by atoms with van der Waals surface area (Å²) in [4.78, 5) is 56.6. The number of carboxylic acids is 1. The minimum absolute atomic E-state index is 0.00713. The summed E-state index contributed by atoms with van der Waals surface area (Å²) in [5.41, 5.74) is 7.12. The highest BCUT2D eigenvalue weighted by Gasteiger charge is 2.34. The quantitative estimate of drug-likeness (QED) is 0.135. The van der Waals surface area contributed by atoms with E-state index in [1.165, 1.54) is 43.7 Å². The lowest BCUT2D eigenvalue weighted by atomic mass is 10.0. The third kappa shape index (κ3) is 8.86. The number of benzene rings is 1. The maximum Gasteiger partial charge on any atom is 0.328 e. The SMILES string of the molecule is CC(O)C(NC(=O)C(NC(=O)C(Cc1ccc(O)cc1)NC(=O)C(N)Cc1cnc[nH]1)C(C)O)C(=O)O. The first-order valence-corrected chi connectivity index (χ1v) is 11.4. The van der Waals surface area contributed by atoms with E-state index < -0.39 is 60.1 Å². The lowest BCUT2D eigenvalue weighted by Crippen LogP contribution is -2.61. The van der Waals surface area contributed by atoms with Gasteiger partial charge in [0.2, 0.25) is 17.7 Å². The summed E-state index contributed by atoms with van der Waals surface area (Å²) in [5.74, 6) is -4.11. The monoisotopic (exact) mass is 520 g/mol. The van der Waals surface area contributed by atoms with Gasteiger partial charge in [-0.05, 0) is 31.5 Å². The molecule has 6 unspecified atom stereocenters. The number of carboxylic acid groups (broad SMARTS) is 1. The van der Waals surface area contributed by atoms with Gasteiger partial charge >= 0.3 is 5.97 Å². The molecule has 10 N–H and O–H groups in total. The van der Waals surface area contributed by atoms with Crippen LogP contribution in [0.25, 0.3) is 0 Å². The Labute approximate surface area is 212 Å². The number of phenols is 1. The Morgan fingerprint density at radius 2 is 1.51 bits per heavy atom. The number of amides is 3. The maximum atomic E-state index is 13.2. The fraction of sp³-hybridized carbons (Fsp3) is 0.435. The van der Waals surface area contributed by atoms with Gasteiger partial charge in [-0.3, -0.25) is 14.4 Å². The largest absolute Gasteiger partial charge is 0.508 e. The van der Waals surface area contributed by atoms with Crippen LogP contribution < -0.4 is 21.7 Å². The molecule has 0 bridgehead atoms. The summed E-state index contributed by atoms with van der Waals surface area (Å²) < 4.78 is 0. The van der Waals surface area contributed by atoms with Crippen molar-refractivity contribution in [3.05, 3.63) is 48.0 Å². The van der Waals surface area contributed by atoms with Crippen LogP contribution in [-0.4, -0.2) is 90.5 Å². The van der Waals surface area contributed by atoms with Gasteiger partial charge in [0.15, 0.2) is 6.04 Å². The standard InChI is InChI=1S/C23H32N6O8/c1-11(30)18(22(35)29-19(12(2)31)23(36)37)28-21(34)17(7-13-3-5-15(32)6-4-13)27-20(33)16(24)8-14-9-25-10-26-14/h3-6,9-12,16-19,30-32H,7-8,24H2,1-2H3,(H,25,26)(H,27,33)(H,28,34)(H,29,35)(H,36,37). The van der Waals surface area contributed by atoms with Gasteiger partial charge in [0.05, 0.1) is 24.6 Å². The van der Waals surface area contributed by atoms with Crippen LogP contribution in [0, 0.1) is 0 Å². The Balaban J connectivity index is 2.21. The number of hydrogen-bond donors (Lipinski definition) is 9. The molecule has 0 saturated heterocycles. The van der Waals surface area contributed by atoms with Crippen molar-refractivity contribution in [2.45, 2.75) is 63.1 Å². The molecule has 1 heterocycles. The van der Waals surface area contributed by atoms with E-state index in [4.69, 9.17) is 5.73 Å². The van der Waals surface area contributed by atoms with E-state index in [1.54, 1.807) is 0 Å². The summed E-state index contributed by atoms with van der Waals surface area (Å²) in [6, 6.07) is 0.259. The van der Waals surface area contributed by atoms with Crippen LogP contribution in [0.4, 0.5) is 0 Å². The molecule has 2 aromatic rings. The third-order valence-electron chi connectivity index (χ3n) is 5.45. The average molecular weight is 521 g/mol. The van der Waals surface area contributed by atoms with E-state index in [2.05, 4.69) is 25.9 Å². The topological polar surface area (TPSA) is 240 Å². The molecule has 0 fully saturated rings. The van der Waals surface area contributed by atoms with Crippen LogP contribution >= 0.6 is 0 Å². The van der Waals surface area contributed by atoms with E-state index in [-0.39, 0.29) is 18.6 Å². The molecular formula is C23H32N6O8. The van der Waals surface area contributed by atoms with Gasteiger partial charge in [-0.15, -0.1) is 0 Å². The lowest BCUT2D eigenvalue weighted by Gasteiger charge is -2.27. The molecule has 6 atom stereocenters. The number of nitrogens with one attached hydrogen (secondary N) is 4. The molecular weight excluding hydrogens is 488 g/mol. The second-order valence-corrected chi connectivity index (χ2v) is 8.61. The Morgan fingerprint density at radius 1 is 0.919 bits per heavy atom. The molecule has 0 aliphatic heterocycles. The number of aromatic amines is 1. The number of imidazole rings is 1. The molecule has 14 nitrogen and oxygen atoms in total. The zero-order valence-corrected chi connectivity index (χ0v) is 20.3. The number of phenolic OH excluding ortho intramolecular Hbond substituents is 1. The summed E-state index contributed by atoms with van der Waals surface area (Å²) in [5, 5.41) is 45.4. The van der Waals surface area contributed by atoms with Gasteiger partial charge in [-0.2, -0.15) is 0 Å². The zero-order chi connectivity index (χ0) is 27.7. The molecule has 0 radical (unpaired) electrons. The van der Waals surface area contributed by atoms with Crippen molar-refractivity contribution < 1.29 is 39.6 Å². The minimum Gasteiger partial charge on any atom is -0.508 e. The first-order valence-electron chi connectivity index (χ1n) is 11.4. The Kier molecular flexibility index (Phi) is 10.5. The number of aliphatic carboxylic acids is 1. The molecule has 2 rings (SSSR count). The van der Waals surface area contributed by atoms with Gasteiger partial charge in [0.1, 0.15) is 17.8 Å². The summed E-state index contributed by atoms with van der Waals surface area (Å²) in [7, 11) is 0. The third-order valence-corrected chi connectivity index (χ3v) is 5.45. The molecule has 1 aromatic heterocycles. The molecule has 0 aliphatic carbocycles. The number of nitrogens with two attached hydrogens (primary N) is 1. The molecule has 3 amide bonds. The molecule has 1 aromatic carbocycles. The number of carbonyl (C=O) groups excluding carboxylic acids is 3. The smallest absolute Gasteiger partial charge is 0.328 e. The molecule has 0 spiro atoms. The molecule has 202 valence electrons. The average Bonchev–Trinajstić information content (AvgIpc) is 3.33. The highest BCUT2D eigenvalue weighted by Crippen LogP contribution is 2.12. The fourth-order valence-electron chi connectivity index (χ4n) is 3.37. The Bertz CT molecular complexity index is 1060. The number of rotatable bonds is 13. The van der Waals surface area contributed by atoms with Crippen LogP contribution in [0.1, 0.15) is 25.1 Å². The second-order valence-electron chi connectivity index (χ2n) is 8.61. The van der Waals surface area contributed by atoms with E-state index in [0.717, 1.165) is 6.92 Å². The van der Waals surface area contributed by atoms with Crippen LogP contribution in [0.5, 0.6) is 5.75 Å². The van der Waals surface area contributed by atoms with Crippen molar-refractivity contribution in [1.29, 1.82) is 0 Å². The number of aromatic hydroxyl groups is 1. The zero-order valence-electron chi connectivity index (χ0n) is 20.3. The van der Waals surface area contributed by atoms with Crippen molar-refractivity contribution in [1.82, 2.24) is 25.9 Å². The van der Waals surface area contributed by atoms with Gasteiger partial charge < -0.3 is 47.1 Å². The van der Waals surface area contributed by atoms with Crippen molar-refractivity contribution in [3.63, 3.8) is 0 Å². The van der Waals surface area contributed by atoms with Gasteiger partial charge in [0.25, 0.3) is 0 Å². The van der Waals surface area contributed by atoms with Crippen LogP contribution in [0.15, 0.2) is 36.8 Å². The Morgan fingerprint density at radius 3 is 2.03 bits per heavy atom. The lowest BCUT2D eigenvalue weighted by molar-refractivity contribution is -0.146. The number of nitrogens with zero attached hydrogens (tertiary/aromatic N) is 1. The molecule has 37 heavy (non-hydrogen) atoms. The predicted octanol–water partition coefficient (Wildman–Crippen LogP) is -2.47. The molecule has 14 heteroatoms. The number of aromatic nitrogens is 2. The number of aliphatic hydroxyl groups excluding tert-OH is 2. The summed E-state index contributed by atoms with van der Waals surface area (Å²) >= 11 is 0. The molecule has 0 saturated carbocycles. The number of carbonyl (C=O) groups is 4. The second kappa shape index (κ2) is 13.3. The number of hydrogen-bond acceptors (Lipinski definition) is 9. The highest BCUT2D eigenvalue weighted by molar-refractivity contribution is 5.94. The van der Waals surface area contributed by atoms with Crippen LogP contribution in [-0.2, 0) is 32.0 Å². The predicted molar refractivity (Wildman–Crippen MR) is 129 cm³/mol. The van der Waals surface area contributed by atoms with Crippen LogP contribution in [0.2, 0.25) is 0 Å². The normalized spacial score (nSPS) is 15.9. The fourth-order valence-corrected chi connectivity index (χ4v) is 3.37. The van der Waals surface area contributed by atoms with E-state index in [9.17, 15) is 39.6 Å². The van der Waals surface area contributed by atoms with Crippen molar-refractivity contribution in [3.8, 4) is 5.75 Å². The van der Waals surface area contributed by atoms with Crippen molar-refractivity contribution >= 4 is 23.7 Å². The first kappa shape index (κ1) is 29.2. The van der Waals surface area contributed by atoms with Crippen molar-refractivity contribution in [2.75, 3.05) is 0 Å². The number of H-pyrrole nitrogens is 1. The van der Waals surface area contributed by atoms with Gasteiger partial charge in [-0.25, -0.2) is 9.78 Å². The summed E-state index contributed by atoms with van der Waals surface area (Å²) in [6.07, 6.45) is 0.0542. The Hall–Kier alpha value is -4.01.